The third-order valence-electron chi connectivity index (χ3n) is 5.03. The van der Waals surface area contributed by atoms with Crippen LogP contribution in [0, 0.1) is 0 Å². The summed E-state index contributed by atoms with van der Waals surface area (Å²) in [6.45, 7) is 14.6. The zero-order valence-corrected chi connectivity index (χ0v) is 21.0. The van der Waals surface area contributed by atoms with E-state index in [1.165, 1.54) is 5.57 Å². The Morgan fingerprint density at radius 1 is 1.30 bits per heavy atom. The molecule has 7 heteroatoms. The molecule has 1 aliphatic heterocycles. The minimum absolute atomic E-state index is 0. The lowest BCUT2D eigenvalue weighted by molar-refractivity contribution is 0.00111. The fraction of sp³-hybridized carbons (Fsp3) is 0.609. The van der Waals surface area contributed by atoms with Gasteiger partial charge in [-0.1, -0.05) is 42.5 Å². The van der Waals surface area contributed by atoms with Gasteiger partial charge in [0.1, 0.15) is 0 Å². The van der Waals surface area contributed by atoms with Gasteiger partial charge in [0.2, 0.25) is 0 Å². The standard InChI is InChI=1S/C23H38N4O2.HI/c1-5-24-23(26-21-11-13-27(14-12-21)16-18(2)3)25-15-22(28)17-29-19(4)20-9-7-6-8-10-20;/h6-10,19,21-22,28H,2,5,11-17H2,1,3-4H3,(H2,24,25,26);1H. The SMILES string of the molecule is C=C(C)CN1CCC(NC(=NCC(O)COC(C)c2ccccc2)NCC)CC1.I. The molecule has 6 nitrogen and oxygen atoms in total. The number of aliphatic hydroxyl groups excluding tert-OH is 1. The molecular formula is C23H39IN4O2. The first-order valence-corrected chi connectivity index (χ1v) is 10.7. The highest BCUT2D eigenvalue weighted by Crippen LogP contribution is 2.16. The molecule has 0 aliphatic carbocycles. The number of nitrogens with zero attached hydrogens (tertiary/aromatic N) is 2. The number of benzene rings is 1. The quantitative estimate of drug-likeness (QED) is 0.188. The predicted molar refractivity (Wildman–Crippen MR) is 136 cm³/mol. The Balaban J connectivity index is 0.00000450. The van der Waals surface area contributed by atoms with Gasteiger partial charge in [-0.05, 0) is 39.2 Å². The van der Waals surface area contributed by atoms with Crippen LogP contribution in [0.1, 0.15) is 45.3 Å². The van der Waals surface area contributed by atoms with E-state index in [4.69, 9.17) is 4.74 Å². The summed E-state index contributed by atoms with van der Waals surface area (Å²) in [4.78, 5) is 7.01. The number of hydrogen-bond donors (Lipinski definition) is 3. The maximum Gasteiger partial charge on any atom is 0.191 e. The molecule has 0 spiro atoms. The summed E-state index contributed by atoms with van der Waals surface area (Å²) in [5.74, 6) is 0.765. The fourth-order valence-electron chi connectivity index (χ4n) is 3.46. The fourth-order valence-corrected chi connectivity index (χ4v) is 3.46. The van der Waals surface area contributed by atoms with Gasteiger partial charge in [-0.3, -0.25) is 9.89 Å². The van der Waals surface area contributed by atoms with Crippen molar-refractivity contribution in [2.24, 2.45) is 4.99 Å². The van der Waals surface area contributed by atoms with Crippen LogP contribution in [0.2, 0.25) is 0 Å². The molecule has 0 bridgehead atoms. The van der Waals surface area contributed by atoms with Crippen molar-refractivity contribution in [2.45, 2.75) is 51.9 Å². The zero-order valence-electron chi connectivity index (χ0n) is 18.6. The van der Waals surface area contributed by atoms with Crippen LogP contribution in [0.3, 0.4) is 0 Å². The highest BCUT2D eigenvalue weighted by Gasteiger charge is 2.20. The Labute approximate surface area is 199 Å². The monoisotopic (exact) mass is 530 g/mol. The zero-order chi connectivity index (χ0) is 21.1. The molecule has 0 radical (unpaired) electrons. The Morgan fingerprint density at radius 2 is 1.97 bits per heavy atom. The topological polar surface area (TPSA) is 69.1 Å². The summed E-state index contributed by atoms with van der Waals surface area (Å²) in [6.07, 6.45) is 1.48. The number of rotatable bonds is 10. The number of halogens is 1. The maximum atomic E-state index is 10.3. The van der Waals surface area contributed by atoms with Gasteiger partial charge in [0, 0.05) is 32.2 Å². The summed E-state index contributed by atoms with van der Waals surface area (Å²) in [5, 5.41) is 17.1. The summed E-state index contributed by atoms with van der Waals surface area (Å²) < 4.78 is 5.80. The Kier molecular flexibility index (Phi) is 13.2. The van der Waals surface area contributed by atoms with Crippen LogP contribution in [-0.2, 0) is 4.74 Å². The lowest BCUT2D eigenvalue weighted by atomic mass is 10.0. The van der Waals surface area contributed by atoms with E-state index in [0.717, 1.165) is 50.5 Å². The van der Waals surface area contributed by atoms with E-state index in [0.29, 0.717) is 12.6 Å². The van der Waals surface area contributed by atoms with Crippen molar-refractivity contribution >= 4 is 29.9 Å². The van der Waals surface area contributed by atoms with Gasteiger partial charge < -0.3 is 20.5 Å². The number of nitrogens with one attached hydrogen (secondary N) is 2. The van der Waals surface area contributed by atoms with Crippen LogP contribution >= 0.6 is 24.0 Å². The average Bonchev–Trinajstić information content (AvgIpc) is 2.72. The van der Waals surface area contributed by atoms with Gasteiger partial charge in [-0.2, -0.15) is 0 Å². The van der Waals surface area contributed by atoms with Crippen LogP contribution in [-0.4, -0.2) is 67.4 Å². The summed E-state index contributed by atoms with van der Waals surface area (Å²) in [5.41, 5.74) is 2.32. The van der Waals surface area contributed by atoms with Crippen LogP contribution < -0.4 is 10.6 Å². The van der Waals surface area contributed by atoms with E-state index in [1.54, 1.807) is 0 Å². The molecule has 1 aliphatic rings. The van der Waals surface area contributed by atoms with Gasteiger partial charge in [-0.15, -0.1) is 24.0 Å². The highest BCUT2D eigenvalue weighted by atomic mass is 127. The van der Waals surface area contributed by atoms with Crippen molar-refractivity contribution in [3.05, 3.63) is 48.0 Å². The number of piperidine rings is 1. The van der Waals surface area contributed by atoms with E-state index in [-0.39, 0.29) is 36.7 Å². The number of likely N-dealkylation sites (tertiary alicyclic amines) is 1. The van der Waals surface area contributed by atoms with Gasteiger partial charge in [0.05, 0.1) is 25.4 Å². The second-order valence-electron chi connectivity index (χ2n) is 7.91. The number of aliphatic hydroxyl groups is 1. The Bertz CT molecular complexity index is 633. The molecule has 30 heavy (non-hydrogen) atoms. The molecular weight excluding hydrogens is 491 g/mol. The van der Waals surface area contributed by atoms with Crippen molar-refractivity contribution in [3.8, 4) is 0 Å². The summed E-state index contributed by atoms with van der Waals surface area (Å²) >= 11 is 0. The molecule has 0 amide bonds. The van der Waals surface area contributed by atoms with Gasteiger partial charge in [0.15, 0.2) is 5.96 Å². The first-order valence-electron chi connectivity index (χ1n) is 10.7. The van der Waals surface area contributed by atoms with E-state index in [1.807, 2.05) is 44.2 Å². The van der Waals surface area contributed by atoms with Gasteiger partial charge in [0.25, 0.3) is 0 Å². The largest absolute Gasteiger partial charge is 0.389 e. The molecule has 170 valence electrons. The average molecular weight is 530 g/mol. The van der Waals surface area contributed by atoms with Crippen molar-refractivity contribution in [1.82, 2.24) is 15.5 Å². The second-order valence-corrected chi connectivity index (χ2v) is 7.91. The minimum Gasteiger partial charge on any atom is -0.389 e. The molecule has 2 rings (SSSR count). The lowest BCUT2D eigenvalue weighted by Crippen LogP contribution is -2.49. The number of hydrogen-bond acceptors (Lipinski definition) is 4. The second kappa shape index (κ2) is 14.8. The van der Waals surface area contributed by atoms with E-state index in [2.05, 4.69) is 34.0 Å². The third kappa shape index (κ3) is 10.2. The van der Waals surface area contributed by atoms with Gasteiger partial charge >= 0.3 is 0 Å². The highest BCUT2D eigenvalue weighted by molar-refractivity contribution is 14.0. The molecule has 1 heterocycles. The summed E-state index contributed by atoms with van der Waals surface area (Å²) in [6, 6.07) is 10.4. The first-order chi connectivity index (χ1) is 14.0. The number of aliphatic imine (C=N–C) groups is 1. The van der Waals surface area contributed by atoms with Crippen molar-refractivity contribution < 1.29 is 9.84 Å². The molecule has 0 saturated carbocycles. The Morgan fingerprint density at radius 3 is 2.57 bits per heavy atom. The third-order valence-corrected chi connectivity index (χ3v) is 5.03. The van der Waals surface area contributed by atoms with E-state index < -0.39 is 6.10 Å². The molecule has 2 atom stereocenters. The molecule has 1 aromatic carbocycles. The normalized spacial score (nSPS) is 17.7. The van der Waals surface area contributed by atoms with Crippen LogP contribution in [0.5, 0.6) is 0 Å². The molecule has 1 fully saturated rings. The van der Waals surface area contributed by atoms with Gasteiger partial charge in [-0.25, -0.2) is 0 Å². The smallest absolute Gasteiger partial charge is 0.191 e. The van der Waals surface area contributed by atoms with Crippen LogP contribution in [0.25, 0.3) is 0 Å². The molecule has 2 unspecified atom stereocenters. The number of guanidine groups is 1. The first kappa shape index (κ1) is 26.9. The molecule has 1 aromatic rings. The molecule has 3 N–H and O–H groups in total. The van der Waals surface area contributed by atoms with Crippen molar-refractivity contribution in [1.29, 1.82) is 0 Å². The van der Waals surface area contributed by atoms with Crippen LogP contribution in [0.15, 0.2) is 47.5 Å². The molecule has 0 aromatic heterocycles. The maximum absolute atomic E-state index is 10.3. The van der Waals surface area contributed by atoms with E-state index >= 15 is 0 Å². The van der Waals surface area contributed by atoms with Crippen molar-refractivity contribution in [2.75, 3.05) is 39.3 Å². The van der Waals surface area contributed by atoms with Crippen molar-refractivity contribution in [3.63, 3.8) is 0 Å². The lowest BCUT2D eigenvalue weighted by Gasteiger charge is -2.33. The molecule has 1 saturated heterocycles. The predicted octanol–water partition coefficient (Wildman–Crippen LogP) is 3.34. The number of ether oxygens (including phenoxy) is 1. The van der Waals surface area contributed by atoms with Crippen LogP contribution in [0.4, 0.5) is 0 Å². The van der Waals surface area contributed by atoms with E-state index in [9.17, 15) is 5.11 Å². The summed E-state index contributed by atoms with van der Waals surface area (Å²) in [7, 11) is 0. The minimum atomic E-state index is -0.631. The Hall–Kier alpha value is -1.16.